The number of aromatic nitrogens is 3. The first-order valence-electron chi connectivity index (χ1n) is 11.3. The van der Waals surface area contributed by atoms with Gasteiger partial charge in [0.05, 0.1) is 17.5 Å². The van der Waals surface area contributed by atoms with Crippen LogP contribution in [-0.2, 0) is 14.4 Å². The third kappa shape index (κ3) is 8.19. The molecule has 2 amide bonds. The molecule has 0 aliphatic carbocycles. The molecule has 34 heavy (non-hydrogen) atoms. The van der Waals surface area contributed by atoms with E-state index in [2.05, 4.69) is 25.6 Å². The molecule has 0 unspecified atom stereocenters. The summed E-state index contributed by atoms with van der Waals surface area (Å²) in [7, 11) is 0. The van der Waals surface area contributed by atoms with E-state index in [9.17, 15) is 14.4 Å². The molecule has 1 saturated heterocycles. The number of nitrogens with one attached hydrogen (secondary N) is 3. The summed E-state index contributed by atoms with van der Waals surface area (Å²) in [5.74, 6) is -0.444. The van der Waals surface area contributed by atoms with Crippen molar-refractivity contribution in [3.8, 4) is 0 Å². The summed E-state index contributed by atoms with van der Waals surface area (Å²) >= 11 is 0. The van der Waals surface area contributed by atoms with Crippen LogP contribution in [0.2, 0.25) is 0 Å². The quantitative estimate of drug-likeness (QED) is 0.373. The number of piperidine rings is 1. The van der Waals surface area contributed by atoms with Gasteiger partial charge in [0.1, 0.15) is 6.42 Å². The van der Waals surface area contributed by atoms with Crippen LogP contribution in [0.1, 0.15) is 25.7 Å². The van der Waals surface area contributed by atoms with Crippen LogP contribution >= 0.6 is 0 Å². The van der Waals surface area contributed by atoms with Crippen molar-refractivity contribution < 1.29 is 19.5 Å². The summed E-state index contributed by atoms with van der Waals surface area (Å²) in [4.78, 5) is 47.6. The highest BCUT2D eigenvalue weighted by molar-refractivity contribution is 5.97. The normalized spacial score (nSPS) is 13.6. The van der Waals surface area contributed by atoms with Crippen LogP contribution < -0.4 is 10.6 Å². The summed E-state index contributed by atoms with van der Waals surface area (Å²) in [5, 5.41) is 14.3. The Morgan fingerprint density at radius 3 is 2.41 bits per heavy atom. The number of imidazole rings is 1. The van der Waals surface area contributed by atoms with Crippen molar-refractivity contribution in [2.75, 3.05) is 31.5 Å². The molecule has 10 heteroatoms. The van der Waals surface area contributed by atoms with E-state index < -0.39 is 11.9 Å². The number of pyridine rings is 1. The van der Waals surface area contributed by atoms with Crippen LogP contribution in [0.15, 0.2) is 54.9 Å². The number of H-pyrrole nitrogens is 1. The number of carboxylic acid groups (broad SMARTS) is 1. The van der Waals surface area contributed by atoms with Gasteiger partial charge in [-0.2, -0.15) is 0 Å². The van der Waals surface area contributed by atoms with Gasteiger partial charge in [-0.25, -0.2) is 4.98 Å². The summed E-state index contributed by atoms with van der Waals surface area (Å²) in [6, 6.07) is 13.6. The molecule has 3 aromatic rings. The standard InChI is InChI=1S/C19H25N5O4.C5H5N/c25-16(20-8-5-18(27)28)11-17(26)24-9-6-13(7-10-24)12-21-19-22-14-3-1-2-4-15(14)23-19;1-2-4-6-5-3-1/h1-4,13H,5-12H2,(H,20,25)(H,27,28)(H2,21,22,23);1-5H. The predicted octanol–water partition coefficient (Wildman–Crippen LogP) is 2.28. The number of carboxylic acids is 1. The number of fused-ring (bicyclic) bond motifs is 1. The number of likely N-dealkylation sites (tertiary alicyclic amines) is 1. The lowest BCUT2D eigenvalue weighted by atomic mass is 9.96. The highest BCUT2D eigenvalue weighted by Gasteiger charge is 2.24. The molecule has 0 spiro atoms. The summed E-state index contributed by atoms with van der Waals surface area (Å²) in [6.45, 7) is 2.05. The van der Waals surface area contributed by atoms with Crippen molar-refractivity contribution in [3.63, 3.8) is 0 Å². The van der Waals surface area contributed by atoms with Crippen LogP contribution in [0, 0.1) is 5.92 Å². The van der Waals surface area contributed by atoms with E-state index in [1.807, 2.05) is 42.5 Å². The number of anilines is 1. The zero-order valence-electron chi connectivity index (χ0n) is 18.9. The molecule has 0 bridgehead atoms. The average molecular weight is 467 g/mol. The molecule has 1 aromatic carbocycles. The van der Waals surface area contributed by atoms with Crippen molar-refractivity contribution >= 4 is 34.8 Å². The number of para-hydroxylation sites is 2. The number of amides is 2. The van der Waals surface area contributed by atoms with Crippen LogP contribution in [-0.4, -0.2) is 68.9 Å². The van der Waals surface area contributed by atoms with Gasteiger partial charge < -0.3 is 25.6 Å². The van der Waals surface area contributed by atoms with Gasteiger partial charge in [-0.3, -0.25) is 19.4 Å². The van der Waals surface area contributed by atoms with E-state index >= 15 is 0 Å². The Hall–Kier alpha value is -3.95. The van der Waals surface area contributed by atoms with Crippen LogP contribution in [0.5, 0.6) is 0 Å². The third-order valence-corrected chi connectivity index (χ3v) is 5.45. The average Bonchev–Trinajstić information content (AvgIpc) is 3.27. The van der Waals surface area contributed by atoms with E-state index in [1.165, 1.54) is 0 Å². The van der Waals surface area contributed by atoms with Crippen molar-refractivity contribution in [2.45, 2.75) is 25.7 Å². The Labute approximate surface area is 197 Å². The highest BCUT2D eigenvalue weighted by Crippen LogP contribution is 2.19. The molecule has 1 aliphatic rings. The van der Waals surface area contributed by atoms with Crippen LogP contribution in [0.4, 0.5) is 5.95 Å². The Kier molecular flexibility index (Phi) is 9.39. The Balaban J connectivity index is 0.000000469. The van der Waals surface area contributed by atoms with Crippen LogP contribution in [0.25, 0.3) is 11.0 Å². The molecule has 2 aromatic heterocycles. The number of benzene rings is 1. The molecular formula is C24H30N6O4. The van der Waals surface area contributed by atoms with E-state index in [4.69, 9.17) is 5.11 Å². The van der Waals surface area contributed by atoms with Crippen molar-refractivity contribution in [2.24, 2.45) is 5.92 Å². The van der Waals surface area contributed by atoms with Crippen molar-refractivity contribution in [1.82, 2.24) is 25.2 Å². The van der Waals surface area contributed by atoms with E-state index in [0.29, 0.717) is 19.0 Å². The first-order valence-corrected chi connectivity index (χ1v) is 11.3. The molecule has 4 rings (SSSR count). The second-order valence-corrected chi connectivity index (χ2v) is 8.00. The summed E-state index contributed by atoms with van der Waals surface area (Å²) in [5.41, 5.74) is 1.92. The van der Waals surface area contributed by atoms with Crippen LogP contribution in [0.3, 0.4) is 0 Å². The number of hydrogen-bond acceptors (Lipinski definition) is 6. The number of aromatic amines is 1. The van der Waals surface area contributed by atoms with Gasteiger partial charge in [0, 0.05) is 38.6 Å². The third-order valence-electron chi connectivity index (χ3n) is 5.45. The molecule has 1 aliphatic heterocycles. The number of nitrogens with zero attached hydrogens (tertiary/aromatic N) is 3. The molecule has 3 heterocycles. The second-order valence-electron chi connectivity index (χ2n) is 8.00. The number of aliphatic carboxylic acids is 1. The maximum Gasteiger partial charge on any atom is 0.305 e. The lowest BCUT2D eigenvalue weighted by Crippen LogP contribution is -2.42. The van der Waals surface area contributed by atoms with Gasteiger partial charge in [0.2, 0.25) is 17.8 Å². The van der Waals surface area contributed by atoms with E-state index in [1.54, 1.807) is 17.3 Å². The Morgan fingerprint density at radius 1 is 1.06 bits per heavy atom. The summed E-state index contributed by atoms with van der Waals surface area (Å²) < 4.78 is 0. The fraction of sp³-hybridized carbons (Fsp3) is 0.375. The van der Waals surface area contributed by atoms with Crippen molar-refractivity contribution in [1.29, 1.82) is 0 Å². The smallest absolute Gasteiger partial charge is 0.305 e. The molecule has 1 fully saturated rings. The zero-order chi connectivity index (χ0) is 24.2. The maximum absolute atomic E-state index is 12.2. The fourth-order valence-corrected chi connectivity index (χ4v) is 3.60. The molecule has 0 radical (unpaired) electrons. The minimum Gasteiger partial charge on any atom is -0.481 e. The number of carbonyl (C=O) groups is 3. The zero-order valence-corrected chi connectivity index (χ0v) is 18.9. The monoisotopic (exact) mass is 466 g/mol. The minimum absolute atomic E-state index is 0.0387. The topological polar surface area (TPSA) is 140 Å². The van der Waals surface area contributed by atoms with E-state index in [-0.39, 0.29) is 25.3 Å². The molecule has 10 nitrogen and oxygen atoms in total. The number of rotatable bonds is 8. The Morgan fingerprint density at radius 2 is 1.79 bits per heavy atom. The van der Waals surface area contributed by atoms with Gasteiger partial charge in [-0.15, -0.1) is 0 Å². The molecule has 0 saturated carbocycles. The molecule has 180 valence electrons. The molecule has 4 N–H and O–H groups in total. The van der Waals surface area contributed by atoms with Gasteiger partial charge >= 0.3 is 5.97 Å². The van der Waals surface area contributed by atoms with Gasteiger partial charge in [-0.1, -0.05) is 18.2 Å². The molecule has 0 atom stereocenters. The maximum atomic E-state index is 12.2. The lowest BCUT2D eigenvalue weighted by Gasteiger charge is -2.32. The fourth-order valence-electron chi connectivity index (χ4n) is 3.60. The SMILES string of the molecule is O=C(O)CCNC(=O)CC(=O)N1CCC(CNc2nc3ccccc3[nH]2)CC1.c1ccncc1. The molecular weight excluding hydrogens is 436 g/mol. The van der Waals surface area contributed by atoms with Gasteiger partial charge in [0.15, 0.2) is 0 Å². The van der Waals surface area contributed by atoms with Gasteiger partial charge in [-0.05, 0) is 43.0 Å². The lowest BCUT2D eigenvalue weighted by molar-refractivity contribution is -0.137. The van der Waals surface area contributed by atoms with Crippen molar-refractivity contribution in [3.05, 3.63) is 54.9 Å². The second kappa shape index (κ2) is 12.9. The van der Waals surface area contributed by atoms with Gasteiger partial charge in [0.25, 0.3) is 0 Å². The predicted molar refractivity (Wildman–Crippen MR) is 128 cm³/mol. The first kappa shape index (κ1) is 24.7. The largest absolute Gasteiger partial charge is 0.481 e. The Bertz CT molecular complexity index is 1000. The first-order chi connectivity index (χ1) is 16.5. The van der Waals surface area contributed by atoms with E-state index in [0.717, 1.165) is 36.4 Å². The number of carbonyl (C=O) groups excluding carboxylic acids is 2. The summed E-state index contributed by atoms with van der Waals surface area (Å²) in [6.07, 6.45) is 4.84. The minimum atomic E-state index is -0.982. The highest BCUT2D eigenvalue weighted by atomic mass is 16.4. The number of hydrogen-bond donors (Lipinski definition) is 4.